The number of carboxylic acids is 1. The summed E-state index contributed by atoms with van der Waals surface area (Å²) in [4.78, 5) is 56.6. The number of aromatic hydroxyl groups is 2. The number of carboxylic acid groups (broad SMARTS) is 1. The van der Waals surface area contributed by atoms with E-state index in [1.807, 2.05) is 17.9 Å². The lowest BCUT2D eigenvalue weighted by atomic mass is 9.77. The van der Waals surface area contributed by atoms with Gasteiger partial charge in [-0.3, -0.25) is 19.3 Å². The Hall–Kier alpha value is -7.75. The lowest BCUT2D eigenvalue weighted by molar-refractivity contribution is -0.312. The van der Waals surface area contributed by atoms with E-state index in [0.717, 1.165) is 0 Å². The molecule has 6 heterocycles. The number of cyclic esters (lactones) is 1. The molecular formula is C78H102N4O23S. The van der Waals surface area contributed by atoms with Crippen molar-refractivity contribution >= 4 is 46.8 Å². The van der Waals surface area contributed by atoms with Crippen LogP contribution in [0, 0.1) is 17.8 Å². The molecule has 0 aromatic heterocycles. The molecule has 3 aromatic carbocycles. The zero-order valence-corrected chi connectivity index (χ0v) is 60.7. The van der Waals surface area contributed by atoms with E-state index in [2.05, 4.69) is 10.6 Å². The average Bonchev–Trinajstić information content (AvgIpc) is 1.50. The Bertz CT molecular complexity index is 3670. The van der Waals surface area contributed by atoms with E-state index >= 15 is 0 Å². The Morgan fingerprint density at radius 2 is 1.25 bits per heavy atom. The highest BCUT2D eigenvalue weighted by Gasteiger charge is 2.55. The van der Waals surface area contributed by atoms with E-state index < -0.39 is 158 Å². The van der Waals surface area contributed by atoms with Crippen LogP contribution in [0.2, 0.25) is 0 Å². The first-order valence-electron chi connectivity index (χ1n) is 36.3. The number of carbonyl (C=O) groups is 4. The SMILES string of the molecule is C[C@@H]1[C@H](O)[C@@H](C)C=CC=CC=CC=CC=CC=CC=C[C@H](O[C@@H]2O[C@H](C)[C@@H](O)[C@H](N3CCN(C(=O)CCCCCNC(=S)Nc4ccc5c(c4)C(=O)OC54c5ccc(O)cc5Oc5cc(O)ccc54)CC3)[C@@H]2O)C[C@@H]2O[C@](O)(C[C@@H](O)C[C@@H](O)[C@H](O)CC[C@@H](O)C[C@@H](O)CC(=O)O[C@H]1C)C[C@H](O)[C@H]2C(=O)O. The topological polar surface area (TPSA) is 417 Å². The van der Waals surface area contributed by atoms with Gasteiger partial charge in [0.15, 0.2) is 22.8 Å². The van der Waals surface area contributed by atoms with Crippen molar-refractivity contribution in [3.63, 3.8) is 0 Å². The molecule has 1 amide bonds. The average molecular weight is 1500 g/mol. The molecule has 15 N–H and O–H groups in total. The first-order valence-corrected chi connectivity index (χ1v) is 36.7. The van der Waals surface area contributed by atoms with Crippen LogP contribution in [0.4, 0.5) is 5.69 Å². The summed E-state index contributed by atoms with van der Waals surface area (Å²) in [7, 11) is 0. The molecule has 6 aliphatic heterocycles. The summed E-state index contributed by atoms with van der Waals surface area (Å²) >= 11 is 5.61. The van der Waals surface area contributed by atoms with Crippen molar-refractivity contribution in [2.75, 3.05) is 38.0 Å². The third-order valence-electron chi connectivity index (χ3n) is 20.4. The minimum atomic E-state index is -2.40. The van der Waals surface area contributed by atoms with E-state index in [9.17, 15) is 85.6 Å². The molecular weight excluding hydrogens is 1390 g/mol. The van der Waals surface area contributed by atoms with Crippen LogP contribution in [0.5, 0.6) is 23.0 Å². The molecule has 3 fully saturated rings. The molecule has 106 heavy (non-hydrogen) atoms. The number of esters is 2. The number of aliphatic hydroxyl groups excluding tert-OH is 9. The number of nitrogens with one attached hydrogen (secondary N) is 2. The summed E-state index contributed by atoms with van der Waals surface area (Å²) in [5.41, 5.74) is 0.939. The van der Waals surface area contributed by atoms with E-state index in [-0.39, 0.29) is 98.7 Å². The van der Waals surface area contributed by atoms with Crippen LogP contribution in [0.1, 0.15) is 132 Å². The lowest BCUT2D eigenvalue weighted by Gasteiger charge is -2.49. The lowest BCUT2D eigenvalue weighted by Crippen LogP contribution is -2.66. The smallest absolute Gasteiger partial charge is 0.340 e. The summed E-state index contributed by atoms with van der Waals surface area (Å²) < 4.78 is 36.5. The number of rotatable bonds is 11. The van der Waals surface area contributed by atoms with Crippen LogP contribution in [0.15, 0.2) is 140 Å². The van der Waals surface area contributed by atoms with Crippen molar-refractivity contribution in [2.45, 2.75) is 208 Å². The van der Waals surface area contributed by atoms with Crippen molar-refractivity contribution in [2.24, 2.45) is 17.8 Å². The number of nitrogens with zero attached hydrogens (tertiary/aromatic N) is 2. The van der Waals surface area contributed by atoms with Crippen LogP contribution in [-0.2, 0) is 43.7 Å². The van der Waals surface area contributed by atoms with Gasteiger partial charge in [0, 0.05) is 111 Å². The molecule has 19 atom stereocenters. The summed E-state index contributed by atoms with van der Waals surface area (Å²) in [5, 5.41) is 150. The highest BCUT2D eigenvalue weighted by molar-refractivity contribution is 7.80. The molecule has 3 aromatic rings. The maximum absolute atomic E-state index is 13.6. The number of phenolic OH excluding ortho intramolecular Hbond substituents is 2. The maximum atomic E-state index is 13.6. The van der Waals surface area contributed by atoms with Gasteiger partial charge >= 0.3 is 17.9 Å². The minimum Gasteiger partial charge on any atom is -0.508 e. The van der Waals surface area contributed by atoms with Crippen molar-refractivity contribution in [3.05, 3.63) is 162 Å². The third kappa shape index (κ3) is 21.3. The number of allylic oxidation sites excluding steroid dienone is 12. The minimum absolute atomic E-state index is 0.0555. The number of hydrogen-bond acceptors (Lipinski definition) is 24. The number of fused-ring (bicyclic) bond motifs is 8. The fourth-order valence-corrected chi connectivity index (χ4v) is 14.7. The van der Waals surface area contributed by atoms with Crippen LogP contribution in [0.25, 0.3) is 0 Å². The van der Waals surface area contributed by atoms with Crippen LogP contribution in [-0.4, -0.2) is 235 Å². The van der Waals surface area contributed by atoms with Gasteiger partial charge in [0.25, 0.3) is 0 Å². The number of phenols is 2. The number of ether oxygens (including phenoxy) is 6. The van der Waals surface area contributed by atoms with Crippen molar-refractivity contribution in [1.29, 1.82) is 0 Å². The number of unbranched alkanes of at least 4 members (excludes halogenated alkanes) is 2. The number of aliphatic carboxylic acids is 1. The Morgan fingerprint density at radius 3 is 1.89 bits per heavy atom. The largest absolute Gasteiger partial charge is 0.508 e. The molecule has 578 valence electrons. The zero-order chi connectivity index (χ0) is 76.6. The van der Waals surface area contributed by atoms with Gasteiger partial charge < -0.3 is 110 Å². The number of benzene rings is 3. The highest BCUT2D eigenvalue weighted by Crippen LogP contribution is 2.57. The molecule has 0 radical (unpaired) electrons. The number of aliphatic hydroxyl groups is 10. The first-order chi connectivity index (χ1) is 50.5. The number of thiocarbonyl (C=S) groups is 1. The predicted octanol–water partition coefficient (Wildman–Crippen LogP) is 5.42. The van der Waals surface area contributed by atoms with Crippen LogP contribution < -0.4 is 15.4 Å². The molecule has 3 saturated heterocycles. The number of amides is 1. The van der Waals surface area contributed by atoms with Gasteiger partial charge in [-0.15, -0.1) is 0 Å². The first kappa shape index (κ1) is 82.3. The zero-order valence-electron chi connectivity index (χ0n) is 59.9. The molecule has 9 rings (SSSR count). The van der Waals surface area contributed by atoms with Crippen molar-refractivity contribution in [1.82, 2.24) is 15.1 Å². The Balaban J connectivity index is 0.795. The van der Waals surface area contributed by atoms with E-state index in [1.165, 1.54) is 24.3 Å². The van der Waals surface area contributed by atoms with Crippen molar-refractivity contribution in [3.8, 4) is 23.0 Å². The molecule has 0 saturated carbocycles. The van der Waals surface area contributed by atoms with Gasteiger partial charge in [-0.25, -0.2) is 4.79 Å². The molecule has 27 nitrogen and oxygen atoms in total. The van der Waals surface area contributed by atoms with Gasteiger partial charge in [0.05, 0.1) is 85.2 Å². The number of carbonyl (C=O) groups excluding carboxylic acids is 3. The Morgan fingerprint density at radius 1 is 0.642 bits per heavy atom. The van der Waals surface area contributed by atoms with Crippen molar-refractivity contribution < 1.29 is 114 Å². The van der Waals surface area contributed by atoms with Gasteiger partial charge in [0.1, 0.15) is 41.1 Å². The molecule has 28 heteroatoms. The third-order valence-corrected chi connectivity index (χ3v) is 20.7. The molecule has 6 aliphatic rings. The van der Waals surface area contributed by atoms with Crippen LogP contribution in [0.3, 0.4) is 0 Å². The van der Waals surface area contributed by atoms with E-state index in [4.69, 9.17) is 40.6 Å². The summed E-state index contributed by atoms with van der Waals surface area (Å²) in [6.07, 6.45) is 4.75. The van der Waals surface area contributed by atoms with Gasteiger partial charge in [-0.2, -0.15) is 0 Å². The summed E-state index contributed by atoms with van der Waals surface area (Å²) in [6, 6.07) is 13.3. The van der Waals surface area contributed by atoms with E-state index in [0.29, 0.717) is 53.3 Å². The number of anilines is 1. The molecule has 0 aliphatic carbocycles. The molecule has 0 unspecified atom stereocenters. The van der Waals surface area contributed by atoms with E-state index in [1.54, 1.807) is 135 Å². The summed E-state index contributed by atoms with van der Waals surface area (Å²) in [5.74, 6) is -7.31. The summed E-state index contributed by atoms with van der Waals surface area (Å²) in [6.45, 7) is 8.40. The second-order valence-electron chi connectivity index (χ2n) is 28.4. The van der Waals surface area contributed by atoms with Gasteiger partial charge in [-0.1, -0.05) is 111 Å². The maximum Gasteiger partial charge on any atom is 0.340 e. The second kappa shape index (κ2) is 37.9. The fourth-order valence-electron chi connectivity index (χ4n) is 14.5. The second-order valence-corrected chi connectivity index (χ2v) is 28.8. The number of hydrogen-bond donors (Lipinski definition) is 15. The quantitative estimate of drug-likeness (QED) is 0.0647. The fraction of sp³-hybridized carbons (Fsp3) is 0.526. The number of piperazine rings is 1. The molecule has 2 bridgehead atoms. The van der Waals surface area contributed by atoms with Gasteiger partial charge in [-0.05, 0) is 94.6 Å². The Labute approximate surface area is 621 Å². The molecule has 1 spiro atoms. The standard InChI is InChI=1S/C78H102N4O23S/c1-45-20-16-13-11-9-7-5-6-8-10-12-14-17-21-55(42-65-68(73(96)97)62(90)44-77(99,104-65)43-54(87)38-61(89)60(88)30-26-50(83)37-53(86)41-67(92)100-47(3)46(2)70(45)93)102-75-72(95)69(71(94)48(4)101-75)82-34-32-81(33-35-82)66(91)22-18-15-19-31-79-76(106)80-49-23-27-57-56(36-49)74(98)105-78(57)58-28-24-51(84)39-63(58)103-64-40-52(85)25-29-59(64)78/h5-14,16-17,20-21,23-25,27-29,36,39-40,45-48,50,53-55,60-62,65,68-72,75,83-90,93-95,99H,15,18-19,22,26,30-35,37-38,41-44H2,1-4H3,(H,96,97)(H2,79,80,106)/t45-,46-,47-,48+,50+,53+,54-,55-,60+,61+,62-,65-,68+,69-,70+,71+,72-,75-,77+/m0/s1. The monoisotopic (exact) mass is 1490 g/mol. The van der Waals surface area contributed by atoms with Crippen LogP contribution >= 0.6 is 12.2 Å². The predicted molar refractivity (Wildman–Crippen MR) is 392 cm³/mol. The normalized spacial score (nSPS) is 32.4. The Kier molecular flexibility index (Phi) is 29.4. The highest BCUT2D eigenvalue weighted by atomic mass is 32.1. The van der Waals surface area contributed by atoms with Gasteiger partial charge in [0.2, 0.25) is 5.91 Å².